The molecule has 11 N–H and O–H groups in total. The monoisotopic (exact) mass is 1920 g/mol. The van der Waals surface area contributed by atoms with E-state index in [0.29, 0.717) is 32.1 Å². The van der Waals surface area contributed by atoms with Gasteiger partial charge in [0.2, 0.25) is 65.0 Å². The van der Waals surface area contributed by atoms with Crippen LogP contribution < -0.4 is 53.2 Å². The summed E-state index contributed by atoms with van der Waals surface area (Å²) in [7, 11) is 0. The fraction of sp³-hybridized carbons (Fsp3) is 0.724. The molecule has 0 bridgehead atoms. The van der Waals surface area contributed by atoms with Gasteiger partial charge >= 0.3 is 59.7 Å². The molecule has 16 atom stereocenters. The van der Waals surface area contributed by atoms with E-state index in [0.717, 1.165) is 83.1 Å². The minimum atomic E-state index is -1.53. The van der Waals surface area contributed by atoms with Gasteiger partial charge in [-0.15, -0.1) is 0 Å². The summed E-state index contributed by atoms with van der Waals surface area (Å²) in [5.41, 5.74) is 0. The molecule has 3 rings (SSSR count). The van der Waals surface area contributed by atoms with Gasteiger partial charge in [-0.05, 0) is 77.0 Å². The maximum atomic E-state index is 14.3. The van der Waals surface area contributed by atoms with E-state index in [2.05, 4.69) is 53.2 Å². The summed E-state index contributed by atoms with van der Waals surface area (Å²) in [6.45, 7) is 11.2. The number of carboxylic acid groups (broad SMARTS) is 1. The zero-order valence-corrected chi connectivity index (χ0v) is 78.6. The Bertz CT molecular complexity index is 3940. The van der Waals surface area contributed by atoms with Gasteiger partial charge in [0.1, 0.15) is 80.6 Å². The van der Waals surface area contributed by atoms with E-state index in [1.807, 2.05) is 0 Å². The van der Waals surface area contributed by atoms with Crippen molar-refractivity contribution in [2.24, 2.45) is 0 Å². The van der Waals surface area contributed by atoms with Crippen molar-refractivity contribution < 1.29 is 177 Å². The number of ether oxygens (including phenoxy) is 12. The van der Waals surface area contributed by atoms with Gasteiger partial charge in [-0.1, -0.05) is 6.42 Å². The summed E-state index contributed by atoms with van der Waals surface area (Å²) in [6, 6.07) is -5.45. The summed E-state index contributed by atoms with van der Waals surface area (Å²) < 4.78 is 65.8. The first-order chi connectivity index (χ1) is 63.8. The molecule has 0 spiro atoms. The molecule has 11 amide bonds. The van der Waals surface area contributed by atoms with Crippen LogP contribution in [0.25, 0.3) is 0 Å². The number of ketones is 3. The lowest BCUT2D eigenvalue weighted by atomic mass is 9.88. The minimum absolute atomic E-state index is 0.0274. The Hall–Kier alpha value is -12.2. The number of carbonyl (C=O) groups excluding carboxylic acids is 23. The molecule has 48 nitrogen and oxygen atoms in total. The van der Waals surface area contributed by atoms with Crippen LogP contribution in [0.5, 0.6) is 0 Å². The highest BCUT2D eigenvalue weighted by Crippen LogP contribution is 2.33. The second-order valence-electron chi connectivity index (χ2n) is 32.4. The lowest BCUT2D eigenvalue weighted by Gasteiger charge is -2.44. The number of aliphatic carboxylic acids is 1. The second kappa shape index (κ2) is 63.1. The zero-order chi connectivity index (χ0) is 101. The van der Waals surface area contributed by atoms with E-state index >= 15 is 0 Å². The number of nitrogens with one attached hydrogen (secondary N) is 10. The highest BCUT2D eigenvalue weighted by Gasteiger charge is 2.56. The Labute approximate surface area is 780 Å². The van der Waals surface area contributed by atoms with Crippen LogP contribution in [0, 0.1) is 0 Å². The smallest absolute Gasteiger partial charge is 0.303 e. The summed E-state index contributed by atoms with van der Waals surface area (Å²) in [6.07, 6.45) is -17.1. The van der Waals surface area contributed by atoms with Crippen LogP contribution in [-0.2, 0) is 172 Å². The van der Waals surface area contributed by atoms with Crippen LogP contribution in [0.3, 0.4) is 0 Å². The molecule has 135 heavy (non-hydrogen) atoms. The Balaban J connectivity index is 1.71. The molecule has 0 aromatic heterocycles. The molecule has 0 aliphatic carbocycles. The summed E-state index contributed by atoms with van der Waals surface area (Å²) in [5, 5.41) is 35.7. The topological polar surface area (TPSA) is 664 Å². The number of carboxylic acids is 1. The lowest BCUT2D eigenvalue weighted by molar-refractivity contribution is -0.222. The summed E-state index contributed by atoms with van der Waals surface area (Å²) >= 11 is 0. The minimum Gasteiger partial charge on any atom is -0.481 e. The van der Waals surface area contributed by atoms with E-state index in [4.69, 9.17) is 61.9 Å². The van der Waals surface area contributed by atoms with E-state index in [1.165, 1.54) is 4.90 Å². The zero-order valence-electron chi connectivity index (χ0n) is 78.6. The largest absolute Gasteiger partial charge is 0.481 e. The third kappa shape index (κ3) is 48.0. The predicted molar refractivity (Wildman–Crippen MR) is 462 cm³/mol. The fourth-order valence-electron chi connectivity index (χ4n) is 14.8. The number of hydrogen-bond acceptors (Lipinski definition) is 36. The van der Waals surface area contributed by atoms with E-state index in [9.17, 15) is 115 Å². The number of rotatable bonds is 62. The number of hydrogen-bond donors (Lipinski definition) is 11. The first-order valence-electron chi connectivity index (χ1n) is 45.0. The van der Waals surface area contributed by atoms with E-state index in [1.54, 1.807) is 0 Å². The number of unbranched alkanes of at least 4 members (excludes halogenated alkanes) is 5. The molecule has 3 fully saturated rings. The van der Waals surface area contributed by atoms with E-state index < -0.39 is 259 Å². The number of carbonyl (C=O) groups is 24. The van der Waals surface area contributed by atoms with Crippen LogP contribution in [0.4, 0.5) is 0 Å². The van der Waals surface area contributed by atoms with Crippen LogP contribution in [-0.4, -0.2) is 322 Å². The fourth-order valence-corrected chi connectivity index (χ4v) is 14.8. The average Bonchev–Trinajstić information content (AvgIpc) is 0.787. The van der Waals surface area contributed by atoms with Gasteiger partial charge in [0, 0.05) is 206 Å². The van der Waals surface area contributed by atoms with Gasteiger partial charge < -0.3 is 120 Å². The third-order valence-corrected chi connectivity index (χ3v) is 20.7. The summed E-state index contributed by atoms with van der Waals surface area (Å²) in [5.74, 6) is -16.5. The predicted octanol–water partition coefficient (Wildman–Crippen LogP) is -1.75. The number of amides is 11. The Morgan fingerprint density at radius 3 is 0.844 bits per heavy atom. The van der Waals surface area contributed by atoms with Crippen molar-refractivity contribution in [2.45, 2.75) is 335 Å². The highest BCUT2D eigenvalue weighted by atomic mass is 16.7. The Morgan fingerprint density at radius 2 is 0.556 bits per heavy atom. The normalized spacial score (nSPS) is 21.1. The molecule has 3 aliphatic heterocycles. The second-order valence-corrected chi connectivity index (χ2v) is 32.4. The summed E-state index contributed by atoms with van der Waals surface area (Å²) in [4.78, 5) is 307. The first kappa shape index (κ1) is 117. The van der Waals surface area contributed by atoms with Crippen molar-refractivity contribution in [1.82, 2.24) is 58.1 Å². The molecule has 0 saturated carbocycles. The van der Waals surface area contributed by atoms with Gasteiger partial charge in [-0.25, -0.2) is 0 Å². The Kier molecular flexibility index (Phi) is 54.6. The van der Waals surface area contributed by atoms with Crippen molar-refractivity contribution in [3.63, 3.8) is 0 Å². The van der Waals surface area contributed by atoms with Crippen molar-refractivity contribution >= 4 is 142 Å². The van der Waals surface area contributed by atoms with Crippen molar-refractivity contribution in [3.05, 3.63) is 0 Å². The molecule has 0 radical (unpaired) electrons. The highest BCUT2D eigenvalue weighted by molar-refractivity contribution is 5.91. The van der Waals surface area contributed by atoms with E-state index in [-0.39, 0.29) is 174 Å². The quantitative estimate of drug-likeness (QED) is 0.0183. The molecule has 3 saturated heterocycles. The lowest BCUT2D eigenvalue weighted by Crippen LogP contribution is -2.67. The molecule has 3 aliphatic rings. The molecule has 15 unspecified atom stereocenters. The van der Waals surface area contributed by atoms with Crippen molar-refractivity contribution in [2.75, 3.05) is 72.2 Å². The maximum Gasteiger partial charge on any atom is 0.303 e. The van der Waals surface area contributed by atoms with Gasteiger partial charge in [-0.3, -0.25) is 115 Å². The maximum absolute atomic E-state index is 14.3. The van der Waals surface area contributed by atoms with Crippen LogP contribution >= 0.6 is 0 Å². The Morgan fingerprint density at radius 1 is 0.289 bits per heavy atom. The molecular formula is C87H133N11O37. The van der Waals surface area contributed by atoms with Gasteiger partial charge in [0.15, 0.2) is 54.0 Å². The standard InChI is InChI=1S/C87H133N11O37/c1-48(99)94-75-78(133-64(45-124-51(4)102)81(127-54(7)105)84(75)130-57(10)108)61(111)25-22-31-69(116)88-37-19-15-28-67(114)91-41-43-98(44-42-92-68(115)29-16-20-38-89-70(117)32-23-26-62(112)79-76(95-49(2)100)85(131-58(11)109)82(128-55(8)106)65(134-79)46-125-52(5)103)73(120)36-35-60(87(123)93-40-18-13-14-34-74(121)122)97-72(119)30-17-21-39-90-71(118)33-24-27-63(113)80-77(96-50(3)101)86(132-59(12)110)83(129-56(9)107)66(135-80)47-126-53(6)104/h60,64-66,75-86H,13-47H2,1-12H3,(H,88,116)(H,89,117)(H,90,118)(H,91,114)(H,92,115)(H,93,123)(H,94,99)(H,95,100)(H,96,101)(H,97,119)(H,121,122)/t60-,64?,65?,66?,75?,76?,77?,78?,79?,80?,81?,82?,83?,84?,85?,86?/m0/s1. The molecule has 0 aromatic rings. The van der Waals surface area contributed by atoms with Gasteiger partial charge in [0.05, 0.1) is 0 Å². The van der Waals surface area contributed by atoms with Crippen LogP contribution in [0.1, 0.15) is 237 Å². The average molecular weight is 1930 g/mol. The number of Topliss-reactive ketones (excluding diaryl/α,β-unsaturated/α-hetero) is 3. The SMILES string of the molecule is CC(=O)NC1C(C(=O)CCCC(=O)NCCCCC(=O)NCCN(CCNC(=O)CCCCNC(=O)CCCC(=O)C2OC(COC(C)=O)C(OC(C)=O)C(OC(C)=O)C2NC(C)=O)C(=O)CC[C@H](NC(=O)CCCCNC(=O)CCCC(=O)C2OC(COC(C)=O)C(OC(C)=O)C(OC(C)=O)C2NC(C)=O)C(=O)NCCCCCC(=O)O)OC(COC(C)=O)C(OC(C)=O)C1OC(C)=O. The van der Waals surface area contributed by atoms with Crippen molar-refractivity contribution in [3.8, 4) is 0 Å². The number of nitrogens with zero attached hydrogens (tertiary/aromatic N) is 1. The van der Waals surface area contributed by atoms with Crippen LogP contribution in [0.2, 0.25) is 0 Å². The third-order valence-electron chi connectivity index (χ3n) is 20.7. The molecule has 48 heteroatoms. The van der Waals surface area contributed by atoms with Gasteiger partial charge in [0.25, 0.3) is 0 Å². The van der Waals surface area contributed by atoms with Crippen LogP contribution in [0.15, 0.2) is 0 Å². The van der Waals surface area contributed by atoms with Crippen molar-refractivity contribution in [1.29, 1.82) is 0 Å². The van der Waals surface area contributed by atoms with Gasteiger partial charge in [-0.2, -0.15) is 0 Å². The molecule has 0 aromatic carbocycles. The number of esters is 9. The molecular weight excluding hydrogens is 1790 g/mol. The first-order valence-corrected chi connectivity index (χ1v) is 45.0. The molecule has 3 heterocycles. The molecule has 758 valence electrons.